The Morgan fingerprint density at radius 3 is 2.30 bits per heavy atom. The highest BCUT2D eigenvalue weighted by atomic mass is 16.1. The first-order valence-electron chi connectivity index (χ1n) is 3.89. The molecule has 0 aromatic rings. The molecule has 0 bridgehead atoms. The van der Waals surface area contributed by atoms with Gasteiger partial charge in [0, 0.05) is 6.42 Å². The summed E-state index contributed by atoms with van der Waals surface area (Å²) in [6.45, 7) is 4.87. The molecule has 2 heteroatoms. The molecule has 0 aliphatic carbocycles. The third-order valence-electron chi connectivity index (χ3n) is 1.61. The summed E-state index contributed by atoms with van der Waals surface area (Å²) in [6, 6.07) is 0. The molecule has 0 saturated carbocycles. The van der Waals surface area contributed by atoms with Crippen molar-refractivity contribution in [2.45, 2.75) is 20.3 Å². The van der Waals surface area contributed by atoms with Crippen molar-refractivity contribution in [3.05, 3.63) is 0 Å². The largest absolute Gasteiger partial charge is 0.339 e. The van der Waals surface area contributed by atoms with E-state index in [9.17, 15) is 4.79 Å². The smallest absolute Gasteiger partial charge is 0.141 e. The second-order valence-electron chi connectivity index (χ2n) is 3.13. The van der Waals surface area contributed by atoms with Gasteiger partial charge in [0.05, 0.1) is 26.6 Å². The zero-order chi connectivity index (χ0) is 8.15. The highest BCUT2D eigenvalue weighted by Crippen LogP contribution is 1.95. The van der Waals surface area contributed by atoms with Gasteiger partial charge in [-0.25, -0.2) is 0 Å². The maximum Gasteiger partial charge on any atom is 0.141 e. The van der Waals surface area contributed by atoms with E-state index in [1.165, 1.54) is 4.90 Å². The Hall–Kier alpha value is -0.370. The second kappa shape index (κ2) is 4.45. The summed E-state index contributed by atoms with van der Waals surface area (Å²) >= 11 is 0. The maximum atomic E-state index is 11.0. The summed E-state index contributed by atoms with van der Waals surface area (Å²) in [5.74, 6) is 0.608. The van der Waals surface area contributed by atoms with E-state index in [4.69, 9.17) is 0 Å². The Morgan fingerprint density at radius 2 is 2.00 bits per heavy atom. The number of hydrogen-bond donors (Lipinski definition) is 1. The predicted octanol–water partition coefficient (Wildman–Crippen LogP) is -0.254. The van der Waals surface area contributed by atoms with Crippen molar-refractivity contribution in [1.29, 1.82) is 0 Å². The number of nitrogens with one attached hydrogen (secondary N) is 1. The quantitative estimate of drug-likeness (QED) is 0.577. The molecule has 0 unspecified atom stereocenters. The van der Waals surface area contributed by atoms with Crippen molar-refractivity contribution in [2.24, 2.45) is 5.92 Å². The first kappa shape index (κ1) is 9.63. The van der Waals surface area contributed by atoms with E-state index in [-0.39, 0.29) is 5.92 Å². The number of rotatable bonds is 4. The maximum absolute atomic E-state index is 11.0. The van der Waals surface area contributed by atoms with Crippen LogP contribution in [0.25, 0.3) is 0 Å². The number of Topliss-reactive ketones (excluding diaryl/α,β-unsaturated/α-hetero) is 1. The molecule has 0 spiro atoms. The van der Waals surface area contributed by atoms with Crippen LogP contribution in [0.3, 0.4) is 0 Å². The lowest BCUT2D eigenvalue weighted by atomic mass is 10.0. The van der Waals surface area contributed by atoms with Crippen LogP contribution in [-0.2, 0) is 4.79 Å². The minimum Gasteiger partial charge on any atom is -0.339 e. The number of ketones is 1. The van der Waals surface area contributed by atoms with Gasteiger partial charge in [-0.1, -0.05) is 13.8 Å². The van der Waals surface area contributed by atoms with E-state index in [0.29, 0.717) is 12.2 Å². The van der Waals surface area contributed by atoms with Crippen LogP contribution in [-0.4, -0.2) is 26.4 Å². The van der Waals surface area contributed by atoms with Crippen molar-refractivity contribution in [2.75, 3.05) is 20.6 Å². The Morgan fingerprint density at radius 1 is 1.50 bits per heavy atom. The summed E-state index contributed by atoms with van der Waals surface area (Å²) in [5, 5.41) is 0. The third-order valence-corrected chi connectivity index (χ3v) is 1.61. The van der Waals surface area contributed by atoms with Gasteiger partial charge in [0.2, 0.25) is 0 Å². The van der Waals surface area contributed by atoms with Crippen LogP contribution >= 0.6 is 0 Å². The summed E-state index contributed by atoms with van der Waals surface area (Å²) < 4.78 is 0. The molecule has 0 fully saturated rings. The molecule has 0 aliphatic rings. The topological polar surface area (TPSA) is 21.5 Å². The van der Waals surface area contributed by atoms with Crippen molar-refractivity contribution in [1.82, 2.24) is 0 Å². The van der Waals surface area contributed by atoms with Gasteiger partial charge in [0.1, 0.15) is 5.78 Å². The molecule has 1 atom stereocenters. The van der Waals surface area contributed by atoms with Crippen LogP contribution in [0.2, 0.25) is 0 Å². The summed E-state index contributed by atoms with van der Waals surface area (Å²) in [7, 11) is 4.14. The van der Waals surface area contributed by atoms with Crippen molar-refractivity contribution < 1.29 is 9.69 Å². The summed E-state index contributed by atoms with van der Waals surface area (Å²) in [4.78, 5) is 12.4. The molecule has 0 aromatic carbocycles. The lowest BCUT2D eigenvalue weighted by Crippen LogP contribution is -3.06. The van der Waals surface area contributed by atoms with Crippen LogP contribution in [0.1, 0.15) is 20.3 Å². The lowest BCUT2D eigenvalue weighted by molar-refractivity contribution is -0.860. The average Bonchev–Trinajstić information content (AvgIpc) is 1.85. The minimum atomic E-state index is 0.231. The van der Waals surface area contributed by atoms with E-state index in [1.807, 2.05) is 13.8 Å². The van der Waals surface area contributed by atoms with E-state index in [0.717, 1.165) is 6.54 Å². The van der Waals surface area contributed by atoms with Gasteiger partial charge in [-0.05, 0) is 0 Å². The molecule has 0 rings (SSSR count). The van der Waals surface area contributed by atoms with Crippen molar-refractivity contribution in [3.8, 4) is 0 Å². The number of hydrogen-bond acceptors (Lipinski definition) is 1. The van der Waals surface area contributed by atoms with Crippen LogP contribution in [0, 0.1) is 5.92 Å². The monoisotopic (exact) mass is 144 g/mol. The van der Waals surface area contributed by atoms with Crippen LogP contribution in [0.5, 0.6) is 0 Å². The molecule has 60 valence electrons. The van der Waals surface area contributed by atoms with Crippen molar-refractivity contribution >= 4 is 5.78 Å². The highest BCUT2D eigenvalue weighted by molar-refractivity contribution is 5.80. The van der Waals surface area contributed by atoms with E-state index in [1.54, 1.807) is 0 Å². The zero-order valence-electron chi connectivity index (χ0n) is 7.40. The SMILES string of the molecule is CCC(=O)[C@@H](C)C[NH+](C)C. The lowest BCUT2D eigenvalue weighted by Gasteiger charge is -2.11. The predicted molar refractivity (Wildman–Crippen MR) is 42.1 cm³/mol. The van der Waals surface area contributed by atoms with E-state index in [2.05, 4.69) is 14.1 Å². The molecule has 10 heavy (non-hydrogen) atoms. The van der Waals surface area contributed by atoms with Gasteiger partial charge in [-0.2, -0.15) is 0 Å². The summed E-state index contributed by atoms with van der Waals surface area (Å²) in [6.07, 6.45) is 0.675. The Labute approximate surface area is 63.2 Å². The fourth-order valence-corrected chi connectivity index (χ4v) is 1.07. The number of carbonyl (C=O) groups excluding carboxylic acids is 1. The Kier molecular flexibility index (Phi) is 4.28. The number of carbonyl (C=O) groups is 1. The van der Waals surface area contributed by atoms with Gasteiger partial charge in [0.25, 0.3) is 0 Å². The standard InChI is InChI=1S/C8H17NO/c1-5-8(10)7(2)6-9(3)4/h7H,5-6H2,1-4H3/p+1/t7-/m0/s1. The molecule has 2 nitrogen and oxygen atoms in total. The number of quaternary nitrogens is 1. The Balaban J connectivity index is 3.61. The molecule has 0 saturated heterocycles. The van der Waals surface area contributed by atoms with Crippen LogP contribution < -0.4 is 4.90 Å². The first-order valence-corrected chi connectivity index (χ1v) is 3.89. The van der Waals surface area contributed by atoms with Gasteiger partial charge < -0.3 is 4.90 Å². The van der Waals surface area contributed by atoms with E-state index >= 15 is 0 Å². The minimum absolute atomic E-state index is 0.231. The molecule has 0 aliphatic heterocycles. The second-order valence-corrected chi connectivity index (χ2v) is 3.13. The molecular weight excluding hydrogens is 126 g/mol. The first-order chi connectivity index (χ1) is 4.57. The highest BCUT2D eigenvalue weighted by Gasteiger charge is 2.12. The molecular formula is C8H18NO+. The average molecular weight is 144 g/mol. The fourth-order valence-electron chi connectivity index (χ4n) is 1.07. The van der Waals surface area contributed by atoms with Gasteiger partial charge in [-0.3, -0.25) is 4.79 Å². The van der Waals surface area contributed by atoms with Crippen LogP contribution in [0.4, 0.5) is 0 Å². The normalized spacial score (nSPS) is 13.7. The van der Waals surface area contributed by atoms with E-state index < -0.39 is 0 Å². The molecule has 0 aromatic heterocycles. The molecule has 1 N–H and O–H groups in total. The Bertz CT molecular complexity index is 110. The molecule has 0 radical (unpaired) electrons. The molecule has 0 heterocycles. The van der Waals surface area contributed by atoms with Crippen molar-refractivity contribution in [3.63, 3.8) is 0 Å². The van der Waals surface area contributed by atoms with Gasteiger partial charge in [0.15, 0.2) is 0 Å². The van der Waals surface area contributed by atoms with Gasteiger partial charge >= 0.3 is 0 Å². The summed E-state index contributed by atoms with van der Waals surface area (Å²) in [5.41, 5.74) is 0. The zero-order valence-corrected chi connectivity index (χ0v) is 7.40. The molecule has 0 amide bonds. The fraction of sp³-hybridized carbons (Fsp3) is 0.875. The van der Waals surface area contributed by atoms with Crippen LogP contribution in [0.15, 0.2) is 0 Å². The third kappa shape index (κ3) is 3.62. The van der Waals surface area contributed by atoms with Gasteiger partial charge in [-0.15, -0.1) is 0 Å².